The minimum absolute atomic E-state index is 0.142. The van der Waals surface area contributed by atoms with E-state index in [4.69, 9.17) is 5.73 Å². The summed E-state index contributed by atoms with van der Waals surface area (Å²) in [5.41, 5.74) is 5.47. The maximum atomic E-state index is 13.6. The molecule has 2 rings (SSSR count). The predicted octanol–water partition coefficient (Wildman–Crippen LogP) is 1.71. The van der Waals surface area contributed by atoms with Gasteiger partial charge in [0.15, 0.2) is 0 Å². The van der Waals surface area contributed by atoms with Gasteiger partial charge in [-0.3, -0.25) is 4.79 Å². The number of nitrogens with zero attached hydrogens (tertiary/aromatic N) is 2. The predicted molar refractivity (Wildman–Crippen MR) is 64.8 cm³/mol. The zero-order valence-electron chi connectivity index (χ0n) is 8.02. The number of rotatable bonds is 2. The second-order valence-electron chi connectivity index (χ2n) is 3.13. The summed E-state index contributed by atoms with van der Waals surface area (Å²) < 4.78 is 15.9. The third-order valence-electron chi connectivity index (χ3n) is 2.03. The van der Waals surface area contributed by atoms with E-state index in [1.54, 1.807) is 12.4 Å². The summed E-state index contributed by atoms with van der Waals surface area (Å²) in [6.07, 6.45) is 3.30. The first kappa shape index (κ1) is 11.1. The molecular formula is C10H7FIN3O. The lowest BCUT2D eigenvalue weighted by Crippen LogP contribution is -2.11. The Morgan fingerprint density at radius 3 is 2.75 bits per heavy atom. The summed E-state index contributed by atoms with van der Waals surface area (Å²) in [6.45, 7) is 0. The number of hydrogen-bond donors (Lipinski definition) is 1. The number of primary amides is 1. The van der Waals surface area contributed by atoms with E-state index < -0.39 is 11.7 Å². The summed E-state index contributed by atoms with van der Waals surface area (Å²) >= 11 is 2.08. The lowest BCUT2D eigenvalue weighted by atomic mass is 10.2. The largest absolute Gasteiger partial charge is 0.366 e. The highest BCUT2D eigenvalue weighted by molar-refractivity contribution is 14.1. The molecule has 0 bridgehead atoms. The first-order valence-corrected chi connectivity index (χ1v) is 5.45. The quantitative estimate of drug-likeness (QED) is 0.852. The van der Waals surface area contributed by atoms with Crippen molar-refractivity contribution in [3.05, 3.63) is 45.5 Å². The van der Waals surface area contributed by atoms with Gasteiger partial charge in [-0.1, -0.05) is 0 Å². The second kappa shape index (κ2) is 4.20. The Labute approximate surface area is 104 Å². The SMILES string of the molecule is NC(=O)c1ccc(-n2cc(I)cn2)c(F)c1. The minimum atomic E-state index is -0.652. The van der Waals surface area contributed by atoms with Gasteiger partial charge >= 0.3 is 0 Å². The van der Waals surface area contributed by atoms with Gasteiger partial charge in [0.1, 0.15) is 11.5 Å². The molecule has 0 saturated heterocycles. The summed E-state index contributed by atoms with van der Waals surface area (Å²) in [4.78, 5) is 10.8. The molecule has 1 aromatic carbocycles. The van der Waals surface area contributed by atoms with Gasteiger partial charge < -0.3 is 5.73 Å². The number of halogens is 2. The van der Waals surface area contributed by atoms with Crippen LogP contribution in [0.3, 0.4) is 0 Å². The lowest BCUT2D eigenvalue weighted by molar-refractivity contribution is 0.1000. The molecule has 1 aromatic heterocycles. The Morgan fingerprint density at radius 2 is 2.25 bits per heavy atom. The number of carbonyl (C=O) groups is 1. The highest BCUT2D eigenvalue weighted by Gasteiger charge is 2.09. The molecule has 6 heteroatoms. The number of amides is 1. The van der Waals surface area contributed by atoms with E-state index in [1.165, 1.54) is 16.8 Å². The average Bonchev–Trinajstić information content (AvgIpc) is 2.64. The second-order valence-corrected chi connectivity index (χ2v) is 4.38. The third kappa shape index (κ3) is 2.06. The molecule has 0 unspecified atom stereocenters. The van der Waals surface area contributed by atoms with Crippen LogP contribution in [-0.2, 0) is 0 Å². The van der Waals surface area contributed by atoms with Crippen molar-refractivity contribution in [3.63, 3.8) is 0 Å². The summed E-state index contributed by atoms with van der Waals surface area (Å²) in [7, 11) is 0. The van der Waals surface area contributed by atoms with E-state index in [-0.39, 0.29) is 11.3 Å². The number of benzene rings is 1. The van der Waals surface area contributed by atoms with Crippen LogP contribution in [0.15, 0.2) is 30.6 Å². The van der Waals surface area contributed by atoms with Crippen molar-refractivity contribution >= 4 is 28.5 Å². The molecule has 1 amide bonds. The average molecular weight is 331 g/mol. The zero-order valence-corrected chi connectivity index (χ0v) is 10.2. The summed E-state index contributed by atoms with van der Waals surface area (Å²) in [5.74, 6) is -1.18. The first-order chi connectivity index (χ1) is 7.58. The Balaban J connectivity index is 2.47. The van der Waals surface area contributed by atoms with E-state index in [9.17, 15) is 9.18 Å². The van der Waals surface area contributed by atoms with Crippen LogP contribution in [0.2, 0.25) is 0 Å². The lowest BCUT2D eigenvalue weighted by Gasteiger charge is -2.03. The van der Waals surface area contributed by atoms with Gasteiger partial charge in [0.25, 0.3) is 0 Å². The molecular weight excluding hydrogens is 324 g/mol. The van der Waals surface area contributed by atoms with E-state index in [0.717, 1.165) is 9.64 Å². The Hall–Kier alpha value is -1.44. The van der Waals surface area contributed by atoms with Gasteiger partial charge in [-0.05, 0) is 40.8 Å². The number of aromatic nitrogens is 2. The van der Waals surface area contributed by atoms with Crippen molar-refractivity contribution in [2.24, 2.45) is 5.73 Å². The number of carbonyl (C=O) groups excluding carboxylic acids is 1. The van der Waals surface area contributed by atoms with E-state index in [0.29, 0.717) is 0 Å². The molecule has 0 aliphatic heterocycles. The van der Waals surface area contributed by atoms with Crippen molar-refractivity contribution in [2.45, 2.75) is 0 Å². The van der Waals surface area contributed by atoms with Crippen LogP contribution in [-0.4, -0.2) is 15.7 Å². The van der Waals surface area contributed by atoms with E-state index in [1.807, 2.05) is 0 Å². The fraction of sp³-hybridized carbons (Fsp3) is 0. The molecule has 0 aliphatic carbocycles. The van der Waals surface area contributed by atoms with Gasteiger partial charge in [-0.25, -0.2) is 9.07 Å². The van der Waals surface area contributed by atoms with Crippen LogP contribution in [0.25, 0.3) is 5.69 Å². The first-order valence-electron chi connectivity index (χ1n) is 4.38. The normalized spacial score (nSPS) is 10.4. The molecule has 16 heavy (non-hydrogen) atoms. The summed E-state index contributed by atoms with van der Waals surface area (Å²) in [5, 5.41) is 3.97. The summed E-state index contributed by atoms with van der Waals surface area (Å²) in [6, 6.07) is 4.04. The maximum absolute atomic E-state index is 13.6. The topological polar surface area (TPSA) is 60.9 Å². The zero-order chi connectivity index (χ0) is 11.7. The Bertz CT molecular complexity index is 553. The van der Waals surface area contributed by atoms with Crippen LogP contribution >= 0.6 is 22.6 Å². The van der Waals surface area contributed by atoms with Crippen LogP contribution in [0.1, 0.15) is 10.4 Å². The van der Waals surface area contributed by atoms with Crippen LogP contribution in [0.4, 0.5) is 4.39 Å². The van der Waals surface area contributed by atoms with Gasteiger partial charge in [0, 0.05) is 11.8 Å². The Kier molecular flexibility index (Phi) is 2.90. The molecule has 4 nitrogen and oxygen atoms in total. The van der Waals surface area contributed by atoms with E-state index in [2.05, 4.69) is 27.7 Å². The highest BCUT2D eigenvalue weighted by Crippen LogP contribution is 2.15. The molecule has 0 atom stereocenters. The van der Waals surface area contributed by atoms with Gasteiger partial charge in [0.05, 0.1) is 9.77 Å². The van der Waals surface area contributed by atoms with Crippen molar-refractivity contribution in [1.29, 1.82) is 0 Å². The van der Waals surface area contributed by atoms with Crippen molar-refractivity contribution < 1.29 is 9.18 Å². The maximum Gasteiger partial charge on any atom is 0.248 e. The van der Waals surface area contributed by atoms with Crippen LogP contribution < -0.4 is 5.73 Å². The third-order valence-corrected chi connectivity index (χ3v) is 2.59. The minimum Gasteiger partial charge on any atom is -0.366 e. The molecule has 0 fully saturated rings. The molecule has 0 aliphatic rings. The van der Waals surface area contributed by atoms with Gasteiger partial charge in [-0.15, -0.1) is 0 Å². The van der Waals surface area contributed by atoms with Crippen molar-refractivity contribution in [2.75, 3.05) is 0 Å². The van der Waals surface area contributed by atoms with Gasteiger partial charge in [-0.2, -0.15) is 5.10 Å². The van der Waals surface area contributed by atoms with Crippen molar-refractivity contribution in [1.82, 2.24) is 9.78 Å². The standard InChI is InChI=1S/C10H7FIN3O/c11-8-3-6(10(13)16)1-2-9(8)15-5-7(12)4-14-15/h1-5H,(H2,13,16). The molecule has 2 aromatic rings. The van der Waals surface area contributed by atoms with E-state index >= 15 is 0 Å². The van der Waals surface area contributed by atoms with Crippen LogP contribution in [0.5, 0.6) is 0 Å². The fourth-order valence-electron chi connectivity index (χ4n) is 1.28. The molecule has 0 spiro atoms. The molecule has 0 saturated carbocycles. The molecule has 82 valence electrons. The monoisotopic (exact) mass is 331 g/mol. The fourth-order valence-corrected chi connectivity index (χ4v) is 1.67. The number of hydrogen-bond acceptors (Lipinski definition) is 2. The number of nitrogens with two attached hydrogens (primary N) is 1. The molecule has 2 N–H and O–H groups in total. The Morgan fingerprint density at radius 1 is 1.50 bits per heavy atom. The smallest absolute Gasteiger partial charge is 0.248 e. The molecule has 1 heterocycles. The molecule has 0 radical (unpaired) electrons. The van der Waals surface area contributed by atoms with Crippen molar-refractivity contribution in [3.8, 4) is 5.69 Å². The van der Waals surface area contributed by atoms with Gasteiger partial charge in [0.2, 0.25) is 5.91 Å². The van der Waals surface area contributed by atoms with Crippen LogP contribution in [0, 0.1) is 9.39 Å². The highest BCUT2D eigenvalue weighted by atomic mass is 127.